The van der Waals surface area contributed by atoms with Crippen LogP contribution in [0, 0.1) is 0 Å². The lowest BCUT2D eigenvalue weighted by molar-refractivity contribution is 0.0951. The first kappa shape index (κ1) is 17.5. The second-order valence-corrected chi connectivity index (χ2v) is 7.17. The van der Waals surface area contributed by atoms with E-state index in [0.29, 0.717) is 17.3 Å². The molecule has 3 N–H and O–H groups in total. The van der Waals surface area contributed by atoms with Gasteiger partial charge in [0.05, 0.1) is 24.2 Å². The molecule has 27 heavy (non-hydrogen) atoms. The number of anilines is 3. The number of carbonyl (C=O) groups is 1. The molecule has 0 aromatic heterocycles. The smallest absolute Gasteiger partial charge is 0.251 e. The molecule has 2 aromatic carbocycles. The number of nitrogen functional groups attached to an aromatic ring is 1. The highest BCUT2D eigenvalue weighted by atomic mass is 16.5. The van der Waals surface area contributed by atoms with E-state index in [4.69, 9.17) is 10.5 Å². The Bertz CT molecular complexity index is 827. The van der Waals surface area contributed by atoms with Gasteiger partial charge in [0.25, 0.3) is 5.91 Å². The number of hydrogen-bond acceptors (Lipinski definition) is 5. The Morgan fingerprint density at radius 1 is 1.04 bits per heavy atom. The molecule has 0 radical (unpaired) electrons. The van der Waals surface area contributed by atoms with Crippen LogP contribution in [0.4, 0.5) is 17.1 Å². The molecule has 2 aromatic rings. The van der Waals surface area contributed by atoms with Crippen molar-refractivity contribution < 1.29 is 9.53 Å². The Balaban J connectivity index is 1.42. The third-order valence-electron chi connectivity index (χ3n) is 5.25. The summed E-state index contributed by atoms with van der Waals surface area (Å²) in [6.45, 7) is 3.53. The largest absolute Gasteiger partial charge is 0.495 e. The Kier molecular flexibility index (Phi) is 4.79. The van der Waals surface area contributed by atoms with E-state index in [1.165, 1.54) is 0 Å². The minimum atomic E-state index is -0.0308. The molecule has 4 rings (SSSR count). The molecule has 0 bridgehead atoms. The molecule has 6 nitrogen and oxygen atoms in total. The summed E-state index contributed by atoms with van der Waals surface area (Å²) in [5, 5.41) is 3.00. The summed E-state index contributed by atoms with van der Waals surface area (Å²) in [5.41, 5.74) is 9.69. The number of nitrogens with one attached hydrogen (secondary N) is 1. The van der Waals surface area contributed by atoms with Crippen LogP contribution in [0.1, 0.15) is 23.2 Å². The maximum Gasteiger partial charge on any atom is 0.251 e. The number of methoxy groups -OCH3 is 1. The first-order valence-electron chi connectivity index (χ1n) is 9.49. The summed E-state index contributed by atoms with van der Waals surface area (Å²) in [7, 11) is 1.71. The number of hydrogen-bond donors (Lipinski definition) is 2. The van der Waals surface area contributed by atoms with Crippen LogP contribution >= 0.6 is 0 Å². The van der Waals surface area contributed by atoms with Gasteiger partial charge in [-0.2, -0.15) is 0 Å². The van der Waals surface area contributed by atoms with E-state index < -0.39 is 0 Å². The summed E-state index contributed by atoms with van der Waals surface area (Å²) >= 11 is 0. The summed E-state index contributed by atoms with van der Waals surface area (Å²) in [6, 6.07) is 14.1. The van der Waals surface area contributed by atoms with Gasteiger partial charge in [-0.25, -0.2) is 0 Å². The lowest BCUT2D eigenvalue weighted by Crippen LogP contribution is -2.46. The lowest BCUT2D eigenvalue weighted by Gasteiger charge is -2.38. The van der Waals surface area contributed by atoms with E-state index in [1.807, 2.05) is 30.3 Å². The molecular formula is C21H26N4O2. The molecule has 1 saturated heterocycles. The number of nitrogens with zero attached hydrogens (tertiary/aromatic N) is 2. The molecule has 1 aliphatic carbocycles. The molecule has 1 heterocycles. The fourth-order valence-corrected chi connectivity index (χ4v) is 3.56. The third-order valence-corrected chi connectivity index (χ3v) is 5.25. The molecule has 1 saturated carbocycles. The van der Waals surface area contributed by atoms with Crippen molar-refractivity contribution in [3.63, 3.8) is 0 Å². The van der Waals surface area contributed by atoms with Crippen LogP contribution in [-0.4, -0.2) is 45.2 Å². The van der Waals surface area contributed by atoms with Gasteiger partial charge in [0.15, 0.2) is 0 Å². The minimum absolute atomic E-state index is 0.0308. The van der Waals surface area contributed by atoms with Crippen LogP contribution in [-0.2, 0) is 0 Å². The average molecular weight is 366 g/mol. The maximum absolute atomic E-state index is 12.2. The van der Waals surface area contributed by atoms with Gasteiger partial charge in [-0.05, 0) is 43.2 Å². The summed E-state index contributed by atoms with van der Waals surface area (Å²) in [4.78, 5) is 16.8. The molecule has 0 atom stereocenters. The van der Waals surface area contributed by atoms with Crippen LogP contribution < -0.4 is 25.6 Å². The number of benzene rings is 2. The Morgan fingerprint density at radius 2 is 1.70 bits per heavy atom. The summed E-state index contributed by atoms with van der Waals surface area (Å²) < 4.78 is 5.48. The first-order valence-corrected chi connectivity index (χ1v) is 9.49. The molecule has 0 spiro atoms. The van der Waals surface area contributed by atoms with Gasteiger partial charge in [0.2, 0.25) is 0 Å². The molecule has 0 unspecified atom stereocenters. The minimum Gasteiger partial charge on any atom is -0.495 e. The van der Waals surface area contributed by atoms with Crippen molar-refractivity contribution in [1.82, 2.24) is 5.32 Å². The van der Waals surface area contributed by atoms with E-state index >= 15 is 0 Å². The highest BCUT2D eigenvalue weighted by Gasteiger charge is 2.25. The molecule has 1 amide bonds. The van der Waals surface area contributed by atoms with Crippen LogP contribution in [0.2, 0.25) is 0 Å². The number of rotatable bonds is 5. The number of para-hydroxylation sites is 2. The van der Waals surface area contributed by atoms with Gasteiger partial charge in [-0.3, -0.25) is 4.79 Å². The zero-order valence-electron chi connectivity index (χ0n) is 15.6. The highest BCUT2D eigenvalue weighted by Crippen LogP contribution is 2.31. The van der Waals surface area contributed by atoms with Crippen molar-refractivity contribution in [3.05, 3.63) is 48.0 Å². The summed E-state index contributed by atoms with van der Waals surface area (Å²) in [6.07, 6.45) is 2.16. The van der Waals surface area contributed by atoms with Gasteiger partial charge < -0.3 is 25.6 Å². The van der Waals surface area contributed by atoms with Crippen LogP contribution in [0.5, 0.6) is 5.75 Å². The Morgan fingerprint density at radius 3 is 2.33 bits per heavy atom. The van der Waals surface area contributed by atoms with Gasteiger partial charge in [-0.1, -0.05) is 12.1 Å². The predicted octanol–water partition coefficient (Wildman–Crippen LogP) is 2.50. The monoisotopic (exact) mass is 366 g/mol. The Labute approximate surface area is 159 Å². The average Bonchev–Trinajstić information content (AvgIpc) is 3.52. The SMILES string of the molecule is COc1ccccc1N1CCN(c2ccc(C(=O)NC3CC3)cc2N)CC1. The summed E-state index contributed by atoms with van der Waals surface area (Å²) in [5.74, 6) is 0.869. The van der Waals surface area contributed by atoms with Crippen LogP contribution in [0.15, 0.2) is 42.5 Å². The van der Waals surface area contributed by atoms with E-state index in [-0.39, 0.29) is 5.91 Å². The van der Waals surface area contributed by atoms with Gasteiger partial charge >= 0.3 is 0 Å². The molecular weight excluding hydrogens is 340 g/mol. The van der Waals surface area contributed by atoms with E-state index in [1.54, 1.807) is 13.2 Å². The van der Waals surface area contributed by atoms with E-state index in [0.717, 1.165) is 56.1 Å². The van der Waals surface area contributed by atoms with Crippen molar-refractivity contribution in [2.75, 3.05) is 48.8 Å². The van der Waals surface area contributed by atoms with Crippen LogP contribution in [0.25, 0.3) is 0 Å². The van der Waals surface area contributed by atoms with Gasteiger partial charge in [0, 0.05) is 37.8 Å². The topological polar surface area (TPSA) is 70.8 Å². The zero-order valence-corrected chi connectivity index (χ0v) is 15.6. The zero-order chi connectivity index (χ0) is 18.8. The van der Waals surface area contributed by atoms with Crippen molar-refractivity contribution in [2.45, 2.75) is 18.9 Å². The Hall–Kier alpha value is -2.89. The second-order valence-electron chi connectivity index (χ2n) is 7.17. The highest BCUT2D eigenvalue weighted by molar-refractivity contribution is 5.96. The normalized spacial score (nSPS) is 16.9. The third kappa shape index (κ3) is 3.79. The van der Waals surface area contributed by atoms with Crippen LogP contribution in [0.3, 0.4) is 0 Å². The number of carbonyl (C=O) groups excluding carboxylic acids is 1. The quantitative estimate of drug-likeness (QED) is 0.796. The predicted molar refractivity (Wildman–Crippen MR) is 109 cm³/mol. The number of ether oxygens (including phenoxy) is 1. The van der Waals surface area contributed by atoms with Crippen molar-refractivity contribution in [3.8, 4) is 5.75 Å². The fourth-order valence-electron chi connectivity index (χ4n) is 3.56. The van der Waals surface area contributed by atoms with Gasteiger partial charge in [0.1, 0.15) is 5.75 Å². The molecule has 142 valence electrons. The molecule has 2 aliphatic rings. The number of amides is 1. The fraction of sp³-hybridized carbons (Fsp3) is 0.381. The molecule has 6 heteroatoms. The lowest BCUT2D eigenvalue weighted by atomic mass is 10.1. The van der Waals surface area contributed by atoms with E-state index in [9.17, 15) is 4.79 Å². The maximum atomic E-state index is 12.2. The van der Waals surface area contributed by atoms with Crippen molar-refractivity contribution in [1.29, 1.82) is 0 Å². The number of piperazine rings is 1. The van der Waals surface area contributed by atoms with Crippen molar-refractivity contribution in [2.24, 2.45) is 0 Å². The van der Waals surface area contributed by atoms with Crippen molar-refractivity contribution >= 4 is 23.0 Å². The van der Waals surface area contributed by atoms with Gasteiger partial charge in [-0.15, -0.1) is 0 Å². The van der Waals surface area contributed by atoms with E-state index in [2.05, 4.69) is 21.2 Å². The molecule has 1 aliphatic heterocycles. The first-order chi connectivity index (χ1) is 13.2. The molecule has 2 fully saturated rings. The number of nitrogens with two attached hydrogens (primary N) is 1. The standard InChI is InChI=1S/C21H26N4O2/c1-27-20-5-3-2-4-19(20)25-12-10-24(11-13-25)18-9-6-15(14-17(18)22)21(26)23-16-7-8-16/h2-6,9,14,16H,7-8,10-13,22H2,1H3,(H,23,26). The second kappa shape index (κ2) is 7.39.